The predicted molar refractivity (Wildman–Crippen MR) is 77.1 cm³/mol. The second kappa shape index (κ2) is 5.01. The third-order valence-electron chi connectivity index (χ3n) is 2.92. The van der Waals surface area contributed by atoms with Crippen molar-refractivity contribution in [2.45, 2.75) is 19.8 Å². The zero-order valence-electron chi connectivity index (χ0n) is 11.1. The molecule has 7 heteroatoms. The number of amides is 1. The van der Waals surface area contributed by atoms with Crippen LogP contribution < -0.4 is 5.32 Å². The number of carbonyl (C=O) groups is 1. The van der Waals surface area contributed by atoms with E-state index in [1.807, 2.05) is 24.3 Å². The van der Waals surface area contributed by atoms with Gasteiger partial charge in [0.15, 0.2) is 0 Å². The zero-order chi connectivity index (χ0) is 14.1. The maximum Gasteiger partial charge on any atom is 0.286 e. The van der Waals surface area contributed by atoms with Crippen LogP contribution in [-0.2, 0) is 0 Å². The van der Waals surface area contributed by atoms with Crippen LogP contribution in [0.3, 0.4) is 0 Å². The number of nitrogens with one attached hydrogen (secondary N) is 1. The minimum Gasteiger partial charge on any atom is -0.320 e. The van der Waals surface area contributed by atoms with Gasteiger partial charge in [0.05, 0.1) is 0 Å². The van der Waals surface area contributed by atoms with Gasteiger partial charge in [0.1, 0.15) is 6.33 Å². The molecule has 102 valence electrons. The lowest BCUT2D eigenvalue weighted by molar-refractivity contribution is 0.102. The molecule has 0 saturated heterocycles. The highest BCUT2D eigenvalue weighted by molar-refractivity contribution is 7.18. The average Bonchev–Trinajstić information content (AvgIpc) is 2.99. The third-order valence-corrected chi connectivity index (χ3v) is 3.83. The molecule has 0 aliphatic carbocycles. The van der Waals surface area contributed by atoms with Gasteiger partial charge in [-0.25, -0.2) is 0 Å². The molecule has 0 atom stereocenters. The Morgan fingerprint density at radius 1 is 1.30 bits per heavy atom. The molecule has 0 bridgehead atoms. The Labute approximate surface area is 119 Å². The maximum absolute atomic E-state index is 12.1. The molecule has 20 heavy (non-hydrogen) atoms. The zero-order valence-corrected chi connectivity index (χ0v) is 11.9. The fourth-order valence-electron chi connectivity index (χ4n) is 1.79. The van der Waals surface area contributed by atoms with E-state index in [2.05, 4.69) is 34.5 Å². The van der Waals surface area contributed by atoms with E-state index in [4.69, 9.17) is 0 Å². The second-order valence-electron chi connectivity index (χ2n) is 4.70. The number of hydrogen-bond acceptors (Lipinski definition) is 5. The topological polar surface area (TPSA) is 72.2 Å². The van der Waals surface area contributed by atoms with Gasteiger partial charge < -0.3 is 5.32 Å². The summed E-state index contributed by atoms with van der Waals surface area (Å²) >= 11 is 1.21. The number of aromatic nitrogens is 4. The molecule has 1 aromatic carbocycles. The van der Waals surface area contributed by atoms with Crippen molar-refractivity contribution < 1.29 is 4.79 Å². The molecule has 2 aromatic heterocycles. The molecular weight excluding hydrogens is 274 g/mol. The summed E-state index contributed by atoms with van der Waals surface area (Å²) in [5, 5.41) is 14.8. The van der Waals surface area contributed by atoms with Gasteiger partial charge in [-0.15, -0.1) is 15.3 Å². The SMILES string of the molecule is CC(C)c1ccc(NC(=O)c2nn3cnnc3s2)cc1. The summed E-state index contributed by atoms with van der Waals surface area (Å²) in [4.78, 5) is 12.7. The van der Waals surface area contributed by atoms with Crippen molar-refractivity contribution in [1.82, 2.24) is 19.8 Å². The fourth-order valence-corrected chi connectivity index (χ4v) is 2.50. The molecule has 0 unspecified atom stereocenters. The number of rotatable bonds is 3. The van der Waals surface area contributed by atoms with Gasteiger partial charge in [0.2, 0.25) is 9.97 Å². The largest absolute Gasteiger partial charge is 0.320 e. The quantitative estimate of drug-likeness (QED) is 0.803. The summed E-state index contributed by atoms with van der Waals surface area (Å²) in [6.07, 6.45) is 1.47. The van der Waals surface area contributed by atoms with E-state index in [1.165, 1.54) is 27.7 Å². The number of anilines is 1. The van der Waals surface area contributed by atoms with Gasteiger partial charge in [0, 0.05) is 5.69 Å². The van der Waals surface area contributed by atoms with Crippen LogP contribution in [0.4, 0.5) is 5.69 Å². The van der Waals surface area contributed by atoms with Crippen LogP contribution in [0.5, 0.6) is 0 Å². The molecular formula is C13H13N5OS. The van der Waals surface area contributed by atoms with Crippen LogP contribution in [-0.4, -0.2) is 25.7 Å². The first-order valence-electron chi connectivity index (χ1n) is 6.21. The average molecular weight is 287 g/mol. The van der Waals surface area contributed by atoms with E-state index < -0.39 is 0 Å². The van der Waals surface area contributed by atoms with Crippen molar-refractivity contribution in [3.8, 4) is 0 Å². The smallest absolute Gasteiger partial charge is 0.286 e. The minimum absolute atomic E-state index is 0.238. The molecule has 0 saturated carbocycles. The molecule has 0 radical (unpaired) electrons. The molecule has 1 amide bonds. The van der Waals surface area contributed by atoms with Gasteiger partial charge in [-0.1, -0.05) is 37.3 Å². The maximum atomic E-state index is 12.1. The Morgan fingerprint density at radius 3 is 2.70 bits per heavy atom. The monoisotopic (exact) mass is 287 g/mol. The number of carbonyl (C=O) groups excluding carboxylic acids is 1. The number of nitrogens with zero attached hydrogens (tertiary/aromatic N) is 4. The van der Waals surface area contributed by atoms with E-state index in [1.54, 1.807) is 0 Å². The van der Waals surface area contributed by atoms with Crippen LogP contribution in [0.25, 0.3) is 4.96 Å². The first-order chi connectivity index (χ1) is 9.63. The molecule has 2 heterocycles. The van der Waals surface area contributed by atoms with Crippen molar-refractivity contribution in [3.05, 3.63) is 41.2 Å². The molecule has 0 fully saturated rings. The first kappa shape index (κ1) is 12.7. The highest BCUT2D eigenvalue weighted by Crippen LogP contribution is 2.18. The van der Waals surface area contributed by atoms with Crippen LogP contribution in [0, 0.1) is 0 Å². The Balaban J connectivity index is 1.76. The van der Waals surface area contributed by atoms with Crippen LogP contribution in [0.15, 0.2) is 30.6 Å². The highest BCUT2D eigenvalue weighted by atomic mass is 32.1. The molecule has 0 aliphatic heterocycles. The van der Waals surface area contributed by atoms with Crippen molar-refractivity contribution in [1.29, 1.82) is 0 Å². The Morgan fingerprint density at radius 2 is 2.05 bits per heavy atom. The Kier molecular flexibility index (Phi) is 3.19. The first-order valence-corrected chi connectivity index (χ1v) is 7.03. The van der Waals surface area contributed by atoms with Gasteiger partial charge in [-0.05, 0) is 23.6 Å². The normalized spacial score (nSPS) is 11.2. The Hall–Kier alpha value is -2.28. The van der Waals surface area contributed by atoms with Gasteiger partial charge in [0.25, 0.3) is 5.91 Å². The molecule has 0 spiro atoms. The van der Waals surface area contributed by atoms with Crippen LogP contribution in [0.2, 0.25) is 0 Å². The summed E-state index contributed by atoms with van der Waals surface area (Å²) < 4.78 is 1.49. The summed E-state index contributed by atoms with van der Waals surface area (Å²) in [6, 6.07) is 7.82. The lowest BCUT2D eigenvalue weighted by Gasteiger charge is -2.07. The highest BCUT2D eigenvalue weighted by Gasteiger charge is 2.13. The van der Waals surface area contributed by atoms with E-state index >= 15 is 0 Å². The van der Waals surface area contributed by atoms with Gasteiger partial charge >= 0.3 is 0 Å². The second-order valence-corrected chi connectivity index (χ2v) is 5.65. The van der Waals surface area contributed by atoms with Crippen molar-refractivity contribution in [2.24, 2.45) is 0 Å². The molecule has 6 nitrogen and oxygen atoms in total. The van der Waals surface area contributed by atoms with E-state index in [9.17, 15) is 4.79 Å². The lowest BCUT2D eigenvalue weighted by atomic mass is 10.0. The standard InChI is InChI=1S/C13H13N5OS/c1-8(2)9-3-5-10(6-4-9)15-11(19)12-17-18-7-14-16-13(18)20-12/h3-8H,1-2H3,(H,15,19). The Bertz CT molecular complexity index is 715. The van der Waals surface area contributed by atoms with Crippen molar-refractivity contribution >= 4 is 27.9 Å². The predicted octanol–water partition coefficient (Wildman–Crippen LogP) is 2.56. The molecule has 3 aromatic rings. The van der Waals surface area contributed by atoms with Crippen LogP contribution >= 0.6 is 11.3 Å². The van der Waals surface area contributed by atoms with Gasteiger partial charge in [-0.2, -0.15) is 4.52 Å². The summed E-state index contributed by atoms with van der Waals surface area (Å²) in [7, 11) is 0. The summed E-state index contributed by atoms with van der Waals surface area (Å²) in [5.74, 6) is 0.233. The minimum atomic E-state index is -0.238. The molecule has 0 aliphatic rings. The van der Waals surface area contributed by atoms with E-state index in [0.29, 0.717) is 15.9 Å². The van der Waals surface area contributed by atoms with E-state index in [-0.39, 0.29) is 5.91 Å². The van der Waals surface area contributed by atoms with Crippen LogP contribution in [0.1, 0.15) is 35.1 Å². The van der Waals surface area contributed by atoms with Gasteiger partial charge in [-0.3, -0.25) is 4.79 Å². The summed E-state index contributed by atoms with van der Waals surface area (Å²) in [5.41, 5.74) is 1.99. The van der Waals surface area contributed by atoms with Crippen molar-refractivity contribution in [2.75, 3.05) is 5.32 Å². The molecule has 1 N–H and O–H groups in total. The fraction of sp³-hybridized carbons (Fsp3) is 0.231. The summed E-state index contributed by atoms with van der Waals surface area (Å²) in [6.45, 7) is 4.26. The number of benzene rings is 1. The lowest BCUT2D eigenvalue weighted by Crippen LogP contribution is -2.12. The third kappa shape index (κ3) is 2.39. The number of fused-ring (bicyclic) bond motifs is 1. The number of hydrogen-bond donors (Lipinski definition) is 1. The van der Waals surface area contributed by atoms with E-state index in [0.717, 1.165) is 5.69 Å². The molecule has 3 rings (SSSR count). The van der Waals surface area contributed by atoms with Crippen molar-refractivity contribution in [3.63, 3.8) is 0 Å².